The molecular weight excluding hydrogens is 1040 g/mol. The number of aromatic nitrogens is 2. The fourth-order valence-electron chi connectivity index (χ4n) is 13.3. The molecule has 3 saturated heterocycles. The predicted molar refractivity (Wildman–Crippen MR) is 307 cm³/mol. The molecule has 0 saturated carbocycles. The Hall–Kier alpha value is -5.30. The van der Waals surface area contributed by atoms with Crippen LogP contribution in [0.25, 0.3) is 16.6 Å². The first kappa shape index (κ1) is 59.3. The van der Waals surface area contributed by atoms with Crippen molar-refractivity contribution in [2.45, 2.75) is 173 Å². The van der Waals surface area contributed by atoms with Crippen LogP contribution in [0.1, 0.15) is 127 Å². The second-order valence-electron chi connectivity index (χ2n) is 26.0. The first-order valence-electron chi connectivity index (χ1n) is 29.0. The minimum Gasteiger partial charge on any atom is -0.497 e. The number of aryl methyl sites for hydroxylation is 2. The highest BCUT2D eigenvalue weighted by Crippen LogP contribution is 2.46. The third-order valence-corrected chi connectivity index (χ3v) is 19.8. The molecule has 0 bridgehead atoms. The highest BCUT2D eigenvalue weighted by Gasteiger charge is 2.49. The van der Waals surface area contributed by atoms with Gasteiger partial charge in [-0.3, -0.25) is 33.3 Å². The van der Waals surface area contributed by atoms with Crippen LogP contribution in [0.5, 0.6) is 5.75 Å². The summed E-state index contributed by atoms with van der Waals surface area (Å²) < 4.78 is 80.5. The number of benzene rings is 3. The van der Waals surface area contributed by atoms with Crippen LogP contribution in [-0.4, -0.2) is 128 Å². The number of amides is 3. The molecule has 9 rings (SSSR count). The van der Waals surface area contributed by atoms with E-state index < -0.39 is 43.0 Å². The zero-order valence-corrected chi connectivity index (χ0v) is 49.6. The van der Waals surface area contributed by atoms with E-state index in [1.54, 1.807) is 22.3 Å². The van der Waals surface area contributed by atoms with E-state index >= 15 is 4.39 Å². The molecule has 3 atom stereocenters. The van der Waals surface area contributed by atoms with Gasteiger partial charge in [-0.15, -0.1) is 0 Å². The van der Waals surface area contributed by atoms with Crippen molar-refractivity contribution < 1.29 is 46.2 Å². The zero-order chi connectivity index (χ0) is 57.5. The number of halogens is 4. The van der Waals surface area contributed by atoms with Crippen LogP contribution in [0.4, 0.5) is 23.2 Å². The van der Waals surface area contributed by atoms with Gasteiger partial charge < -0.3 is 24.0 Å². The van der Waals surface area contributed by atoms with Crippen molar-refractivity contribution in [2.75, 3.05) is 65.2 Å². The quantitative estimate of drug-likeness (QED) is 0.0391. The van der Waals surface area contributed by atoms with Crippen molar-refractivity contribution >= 4 is 48.1 Å². The molecule has 80 heavy (non-hydrogen) atoms. The molecule has 0 spiro atoms. The third-order valence-electron chi connectivity index (χ3n) is 18.1. The number of carbonyl (C=O) groups excluding carboxylic acids is 3. The summed E-state index contributed by atoms with van der Waals surface area (Å²) in [6, 6.07) is 17.3. The molecule has 3 amide bonds. The molecule has 18 heteroatoms. The number of methoxy groups -OCH3 is 1. The Balaban J connectivity index is 0.824. The van der Waals surface area contributed by atoms with E-state index in [2.05, 4.69) is 63.6 Å². The Morgan fingerprint density at radius 3 is 2.31 bits per heavy atom. The Morgan fingerprint density at radius 1 is 0.925 bits per heavy atom. The molecule has 5 heterocycles. The van der Waals surface area contributed by atoms with Gasteiger partial charge in [-0.1, -0.05) is 50.0 Å². The van der Waals surface area contributed by atoms with Crippen molar-refractivity contribution in [1.29, 1.82) is 0 Å². The van der Waals surface area contributed by atoms with Gasteiger partial charge in [-0.2, -0.15) is 13.2 Å². The zero-order valence-electron chi connectivity index (χ0n) is 48.6. The van der Waals surface area contributed by atoms with E-state index in [9.17, 15) is 32.3 Å². The summed E-state index contributed by atoms with van der Waals surface area (Å²) >= 11 is 0. The molecule has 4 aliphatic heterocycles. The molecule has 2 unspecified atom stereocenters. The number of alkyl halides is 3. The van der Waals surface area contributed by atoms with Crippen molar-refractivity contribution in [3.63, 3.8) is 0 Å². The first-order chi connectivity index (χ1) is 37.8. The third kappa shape index (κ3) is 12.7. The first-order valence-corrected chi connectivity index (χ1v) is 32.7. The van der Waals surface area contributed by atoms with Crippen LogP contribution in [0.3, 0.4) is 0 Å². The van der Waals surface area contributed by atoms with Crippen molar-refractivity contribution in [1.82, 2.24) is 23.8 Å². The lowest BCUT2D eigenvalue weighted by Gasteiger charge is -2.46. The van der Waals surface area contributed by atoms with Crippen LogP contribution in [0.2, 0.25) is 25.7 Å². The molecule has 13 nitrogen and oxygen atoms in total. The molecule has 5 aliphatic rings. The standard InChI is InChI=1S/C62H84F4N6O7Si/c1-59(2,62(64,65)66)40-68(33-28-61(29-34-79-60(3,4)39-61)45-17-19-47(77-6)20-18-45)38-42-12-21-48(50(63)37-42)43-13-15-44(16-14-43)56(74)69-31-26-46(27-32-69)67(5)51-22-23-52-55-49(51)11-10-30-70(55)58(76)72(52)53-24-25-54(73)71(57(53)75)41-78-35-36-80(7,8)9/h12-13,17-23,37,44,46,53H,10-11,14-16,24-36,38-41H2,1-9H3/t44?,53?,61-/m1/s1. The molecule has 1 aromatic heterocycles. The number of rotatable bonds is 19. The molecule has 3 aromatic carbocycles. The van der Waals surface area contributed by atoms with Gasteiger partial charge in [0.15, 0.2) is 0 Å². The number of anilines is 1. The van der Waals surface area contributed by atoms with Crippen molar-refractivity contribution in [3.8, 4) is 5.75 Å². The van der Waals surface area contributed by atoms with E-state index in [0.29, 0.717) is 88.1 Å². The SMILES string of the molecule is COc1ccc([C@]2(CCN(Cc3ccc(C4=CCC(C(=O)N5CCC(N(C)c6ccc7c8c6CCCn8c(=O)n7C6CCC(=O)N(COCC[Si](C)(C)C)C6=O)CC5)CC4)c(F)c3)CC(C)(C)C(F)(F)F)CCOC(C)(C)C2)cc1. The number of carbonyl (C=O) groups is 3. The number of ether oxygens (including phenoxy) is 3. The van der Waals surface area contributed by atoms with Gasteiger partial charge in [0, 0.05) is 102 Å². The molecule has 436 valence electrons. The van der Waals surface area contributed by atoms with E-state index in [1.807, 2.05) is 40.1 Å². The van der Waals surface area contributed by atoms with Gasteiger partial charge in [-0.05, 0) is 158 Å². The number of likely N-dealkylation sites (tertiary alicyclic amines) is 2. The van der Waals surface area contributed by atoms with Crippen LogP contribution >= 0.6 is 0 Å². The fourth-order valence-corrected chi connectivity index (χ4v) is 14.1. The molecule has 0 radical (unpaired) electrons. The molecule has 3 fully saturated rings. The summed E-state index contributed by atoms with van der Waals surface area (Å²) in [6.45, 7) is 16.2. The maximum Gasteiger partial charge on any atom is 0.395 e. The molecule has 1 aliphatic carbocycles. The number of piperidine rings is 2. The van der Waals surface area contributed by atoms with Crippen LogP contribution in [0.15, 0.2) is 65.5 Å². The highest BCUT2D eigenvalue weighted by atomic mass is 28.3. The second-order valence-corrected chi connectivity index (χ2v) is 31.6. The molecule has 4 aromatic rings. The van der Waals surface area contributed by atoms with Crippen LogP contribution in [0, 0.1) is 17.2 Å². The molecule has 0 N–H and O–H groups in total. The summed E-state index contributed by atoms with van der Waals surface area (Å²) in [5, 5.41) is 0. The summed E-state index contributed by atoms with van der Waals surface area (Å²) in [5.41, 5.74) is 3.63. The predicted octanol–water partition coefficient (Wildman–Crippen LogP) is 11.5. The van der Waals surface area contributed by atoms with Crippen molar-refractivity contribution in [3.05, 3.63) is 99.2 Å². The summed E-state index contributed by atoms with van der Waals surface area (Å²) in [6.07, 6.45) is 4.66. The topological polar surface area (TPSA) is 119 Å². The van der Waals surface area contributed by atoms with E-state index in [-0.39, 0.29) is 67.5 Å². The Kier molecular flexibility index (Phi) is 17.4. The van der Waals surface area contributed by atoms with Crippen LogP contribution in [-0.2, 0) is 48.8 Å². The van der Waals surface area contributed by atoms with Gasteiger partial charge in [0.2, 0.25) is 11.8 Å². The molecular formula is C62H84F4N6O7Si. The number of nitrogens with zero attached hydrogens (tertiary/aromatic N) is 6. The number of hydrogen-bond acceptors (Lipinski definition) is 9. The van der Waals surface area contributed by atoms with Gasteiger partial charge in [0.05, 0.1) is 29.2 Å². The van der Waals surface area contributed by atoms with E-state index in [0.717, 1.165) is 71.8 Å². The highest BCUT2D eigenvalue weighted by molar-refractivity contribution is 6.76. The van der Waals surface area contributed by atoms with Gasteiger partial charge >= 0.3 is 11.9 Å². The van der Waals surface area contributed by atoms with E-state index in [1.165, 1.54) is 24.8 Å². The monoisotopic (exact) mass is 1130 g/mol. The largest absolute Gasteiger partial charge is 0.497 e. The lowest BCUT2D eigenvalue weighted by atomic mass is 9.67. The summed E-state index contributed by atoms with van der Waals surface area (Å²) in [5.74, 6) is -0.490. The van der Waals surface area contributed by atoms with Gasteiger partial charge in [0.25, 0.3) is 5.91 Å². The van der Waals surface area contributed by atoms with E-state index in [4.69, 9.17) is 14.2 Å². The fraction of sp³-hybridized carbons (Fsp3) is 0.613. The minimum atomic E-state index is -4.44. The maximum atomic E-state index is 16.3. The second kappa shape index (κ2) is 23.5. The normalized spacial score (nSPS) is 22.3. The average molecular weight is 1130 g/mol. The van der Waals surface area contributed by atoms with Gasteiger partial charge in [0.1, 0.15) is 24.3 Å². The Bertz CT molecular complexity index is 3010. The number of imidazole rings is 1. The maximum absolute atomic E-state index is 16.3. The number of imide groups is 1. The lowest BCUT2D eigenvalue weighted by molar-refractivity contribution is -0.217. The summed E-state index contributed by atoms with van der Waals surface area (Å²) in [7, 11) is 2.33. The van der Waals surface area contributed by atoms with Gasteiger partial charge in [-0.25, -0.2) is 9.18 Å². The lowest BCUT2D eigenvalue weighted by Crippen LogP contribution is -2.48. The van der Waals surface area contributed by atoms with Crippen LogP contribution < -0.4 is 15.3 Å². The average Bonchev–Trinajstić information content (AvgIpc) is 3.78. The number of allylic oxidation sites excluding steroid dienone is 2. The Labute approximate surface area is 470 Å². The smallest absolute Gasteiger partial charge is 0.395 e. The Morgan fingerprint density at radius 2 is 1.66 bits per heavy atom. The van der Waals surface area contributed by atoms with Crippen molar-refractivity contribution in [2.24, 2.45) is 11.3 Å². The summed E-state index contributed by atoms with van der Waals surface area (Å²) in [4.78, 5) is 62.5. The number of hydrogen-bond donors (Lipinski definition) is 0. The minimum absolute atomic E-state index is 0.106.